The lowest BCUT2D eigenvalue weighted by atomic mass is 10.2. The van der Waals surface area contributed by atoms with E-state index in [9.17, 15) is 5.11 Å². The minimum Gasteiger partial charge on any atom is -0.392 e. The van der Waals surface area contributed by atoms with E-state index in [1.807, 2.05) is 27.7 Å². The molecular formula is C12H18N4O2. The van der Waals surface area contributed by atoms with Crippen molar-refractivity contribution in [3.63, 3.8) is 0 Å². The van der Waals surface area contributed by atoms with E-state index in [-0.39, 0.29) is 12.5 Å². The van der Waals surface area contributed by atoms with Gasteiger partial charge in [-0.3, -0.25) is 4.68 Å². The van der Waals surface area contributed by atoms with Crippen LogP contribution in [0, 0.1) is 13.8 Å². The average Bonchev–Trinajstić information content (AvgIpc) is 2.86. The molecule has 0 atom stereocenters. The Hall–Kier alpha value is -1.69. The average molecular weight is 250 g/mol. The third-order valence-electron chi connectivity index (χ3n) is 2.96. The van der Waals surface area contributed by atoms with Gasteiger partial charge in [-0.25, -0.2) is 0 Å². The largest absolute Gasteiger partial charge is 0.392 e. The quantitative estimate of drug-likeness (QED) is 0.890. The molecule has 0 aliphatic heterocycles. The number of aliphatic hydroxyl groups is 1. The van der Waals surface area contributed by atoms with Crippen molar-refractivity contribution in [1.29, 1.82) is 0 Å². The fourth-order valence-corrected chi connectivity index (χ4v) is 1.82. The lowest BCUT2D eigenvalue weighted by Gasteiger charge is -2.00. The lowest BCUT2D eigenvalue weighted by Crippen LogP contribution is -2.06. The molecule has 0 amide bonds. The molecule has 2 aromatic heterocycles. The zero-order valence-corrected chi connectivity index (χ0v) is 11.1. The van der Waals surface area contributed by atoms with E-state index in [0.29, 0.717) is 18.3 Å². The molecule has 0 aromatic carbocycles. The molecule has 0 saturated heterocycles. The van der Waals surface area contributed by atoms with Crippen molar-refractivity contribution < 1.29 is 9.63 Å². The molecule has 0 unspecified atom stereocenters. The summed E-state index contributed by atoms with van der Waals surface area (Å²) in [6.45, 7) is 8.28. The minimum absolute atomic E-state index is 0.00115. The van der Waals surface area contributed by atoms with Gasteiger partial charge in [-0.05, 0) is 13.8 Å². The Morgan fingerprint density at radius 3 is 2.56 bits per heavy atom. The van der Waals surface area contributed by atoms with Crippen molar-refractivity contribution in [2.24, 2.45) is 0 Å². The number of aromatic nitrogens is 4. The van der Waals surface area contributed by atoms with Crippen molar-refractivity contribution in [2.45, 2.75) is 46.8 Å². The highest BCUT2D eigenvalue weighted by Gasteiger charge is 2.14. The summed E-state index contributed by atoms with van der Waals surface area (Å²) < 4.78 is 6.94. The van der Waals surface area contributed by atoms with Gasteiger partial charge in [0.2, 0.25) is 5.89 Å². The third-order valence-corrected chi connectivity index (χ3v) is 2.96. The van der Waals surface area contributed by atoms with E-state index in [1.54, 1.807) is 4.68 Å². The first-order chi connectivity index (χ1) is 8.52. The molecular weight excluding hydrogens is 232 g/mol. The molecule has 98 valence electrons. The SMILES string of the molecule is Cc1nn(Cc2noc(C(C)C)n2)c(C)c1CO. The molecule has 2 aromatic rings. The topological polar surface area (TPSA) is 77.0 Å². The molecule has 0 spiro atoms. The molecule has 18 heavy (non-hydrogen) atoms. The summed E-state index contributed by atoms with van der Waals surface area (Å²) in [5.74, 6) is 1.46. The highest BCUT2D eigenvalue weighted by atomic mass is 16.5. The molecule has 0 radical (unpaired) electrons. The molecule has 1 N–H and O–H groups in total. The van der Waals surface area contributed by atoms with E-state index in [0.717, 1.165) is 17.0 Å². The Balaban J connectivity index is 2.23. The van der Waals surface area contributed by atoms with Crippen LogP contribution in [0.5, 0.6) is 0 Å². The molecule has 6 heteroatoms. The predicted octanol–water partition coefficient (Wildman–Crippen LogP) is 1.55. The van der Waals surface area contributed by atoms with Crippen LogP contribution in [0.2, 0.25) is 0 Å². The van der Waals surface area contributed by atoms with Crippen LogP contribution in [0.15, 0.2) is 4.52 Å². The second kappa shape index (κ2) is 4.89. The van der Waals surface area contributed by atoms with Gasteiger partial charge in [0.1, 0.15) is 6.54 Å². The first-order valence-corrected chi connectivity index (χ1v) is 5.99. The summed E-state index contributed by atoms with van der Waals surface area (Å²) in [4.78, 5) is 4.31. The van der Waals surface area contributed by atoms with Crippen molar-refractivity contribution in [3.05, 3.63) is 28.7 Å². The van der Waals surface area contributed by atoms with E-state index in [2.05, 4.69) is 15.2 Å². The normalized spacial score (nSPS) is 11.4. The van der Waals surface area contributed by atoms with Gasteiger partial charge >= 0.3 is 0 Å². The molecule has 0 fully saturated rings. The Morgan fingerprint density at radius 2 is 2.06 bits per heavy atom. The molecule has 2 heterocycles. The predicted molar refractivity (Wildman–Crippen MR) is 65.1 cm³/mol. The summed E-state index contributed by atoms with van der Waals surface area (Å²) >= 11 is 0. The molecule has 0 saturated carbocycles. The van der Waals surface area contributed by atoms with Gasteiger partial charge in [0.25, 0.3) is 0 Å². The number of hydrogen-bond donors (Lipinski definition) is 1. The number of hydrogen-bond acceptors (Lipinski definition) is 5. The number of nitrogens with zero attached hydrogens (tertiary/aromatic N) is 4. The second-order valence-electron chi connectivity index (χ2n) is 4.67. The van der Waals surface area contributed by atoms with Crippen molar-refractivity contribution >= 4 is 0 Å². The minimum atomic E-state index is 0.00115. The maximum Gasteiger partial charge on any atom is 0.229 e. The van der Waals surface area contributed by atoms with Gasteiger partial charge in [0, 0.05) is 17.2 Å². The van der Waals surface area contributed by atoms with Crippen LogP contribution in [-0.4, -0.2) is 25.0 Å². The van der Waals surface area contributed by atoms with Crippen LogP contribution in [0.3, 0.4) is 0 Å². The van der Waals surface area contributed by atoms with Crippen LogP contribution in [0.25, 0.3) is 0 Å². The van der Waals surface area contributed by atoms with Gasteiger partial charge in [0.15, 0.2) is 5.82 Å². The van der Waals surface area contributed by atoms with Gasteiger partial charge < -0.3 is 9.63 Å². The van der Waals surface area contributed by atoms with Crippen LogP contribution in [-0.2, 0) is 13.2 Å². The first-order valence-electron chi connectivity index (χ1n) is 5.99. The van der Waals surface area contributed by atoms with Crippen molar-refractivity contribution in [1.82, 2.24) is 19.9 Å². The van der Waals surface area contributed by atoms with Crippen LogP contribution in [0.4, 0.5) is 0 Å². The smallest absolute Gasteiger partial charge is 0.229 e. The second-order valence-corrected chi connectivity index (χ2v) is 4.67. The molecule has 6 nitrogen and oxygen atoms in total. The van der Waals surface area contributed by atoms with Crippen molar-refractivity contribution in [3.8, 4) is 0 Å². The standard InChI is InChI=1S/C12H18N4O2/c1-7(2)12-13-11(15-18-12)5-16-9(4)10(6-17)8(3)14-16/h7,17H,5-6H2,1-4H3. The number of aliphatic hydroxyl groups excluding tert-OH is 1. The van der Waals surface area contributed by atoms with E-state index < -0.39 is 0 Å². The number of aryl methyl sites for hydroxylation is 1. The fraction of sp³-hybridized carbons (Fsp3) is 0.583. The molecule has 0 aliphatic rings. The Bertz CT molecular complexity index is 542. The zero-order valence-electron chi connectivity index (χ0n) is 11.1. The van der Waals surface area contributed by atoms with Crippen LogP contribution < -0.4 is 0 Å². The Morgan fingerprint density at radius 1 is 1.33 bits per heavy atom. The Kier molecular flexibility index (Phi) is 3.47. The number of rotatable bonds is 4. The summed E-state index contributed by atoms with van der Waals surface area (Å²) in [6.07, 6.45) is 0. The van der Waals surface area contributed by atoms with Gasteiger partial charge in [-0.2, -0.15) is 10.1 Å². The third kappa shape index (κ3) is 2.28. The zero-order chi connectivity index (χ0) is 13.3. The highest BCUT2D eigenvalue weighted by Crippen LogP contribution is 2.15. The van der Waals surface area contributed by atoms with E-state index in [4.69, 9.17) is 4.52 Å². The Labute approximate surface area is 106 Å². The van der Waals surface area contributed by atoms with E-state index in [1.165, 1.54) is 0 Å². The molecule has 0 aliphatic carbocycles. The lowest BCUT2D eigenvalue weighted by molar-refractivity contribution is 0.280. The fourth-order valence-electron chi connectivity index (χ4n) is 1.82. The summed E-state index contributed by atoms with van der Waals surface area (Å²) in [6, 6.07) is 0. The first kappa shape index (κ1) is 12.8. The van der Waals surface area contributed by atoms with E-state index >= 15 is 0 Å². The monoisotopic (exact) mass is 250 g/mol. The summed E-state index contributed by atoms with van der Waals surface area (Å²) in [5, 5.41) is 17.5. The molecule has 0 bridgehead atoms. The maximum atomic E-state index is 9.25. The highest BCUT2D eigenvalue weighted by molar-refractivity contribution is 5.23. The van der Waals surface area contributed by atoms with Crippen LogP contribution >= 0.6 is 0 Å². The summed E-state index contributed by atoms with van der Waals surface area (Å²) in [5.41, 5.74) is 2.64. The van der Waals surface area contributed by atoms with Gasteiger partial charge in [-0.1, -0.05) is 19.0 Å². The maximum absolute atomic E-state index is 9.25. The summed E-state index contributed by atoms with van der Waals surface area (Å²) in [7, 11) is 0. The van der Waals surface area contributed by atoms with Gasteiger partial charge in [0.05, 0.1) is 12.3 Å². The van der Waals surface area contributed by atoms with Crippen LogP contribution in [0.1, 0.15) is 48.4 Å². The van der Waals surface area contributed by atoms with Crippen molar-refractivity contribution in [2.75, 3.05) is 0 Å². The molecule has 2 rings (SSSR count). The van der Waals surface area contributed by atoms with Gasteiger partial charge in [-0.15, -0.1) is 0 Å².